The Morgan fingerprint density at radius 1 is 1.14 bits per heavy atom. The number of carbonyl (C=O) groups excluding carboxylic acids is 2. The Morgan fingerprint density at radius 2 is 1.81 bits per heavy atom. The van der Waals surface area contributed by atoms with E-state index in [1.54, 1.807) is 18.2 Å². The zero-order chi connectivity index (χ0) is 26.1. The van der Waals surface area contributed by atoms with E-state index in [4.69, 9.17) is 11.6 Å². The summed E-state index contributed by atoms with van der Waals surface area (Å²) in [6.45, 7) is 2.54. The second kappa shape index (κ2) is 10.2. The Bertz CT molecular complexity index is 1350. The number of rotatable bonds is 7. The van der Waals surface area contributed by atoms with Crippen molar-refractivity contribution in [2.75, 3.05) is 11.3 Å². The molecule has 190 valence electrons. The van der Waals surface area contributed by atoms with Crippen LogP contribution >= 0.6 is 23.4 Å². The van der Waals surface area contributed by atoms with Crippen LogP contribution in [0.4, 0.5) is 16.2 Å². The first-order chi connectivity index (χ1) is 17.0. The maximum Gasteiger partial charge on any atom is 0.293 e. The van der Waals surface area contributed by atoms with Gasteiger partial charge in [-0.05, 0) is 65.9 Å². The quantitative estimate of drug-likeness (QED) is 0.253. The average molecular weight is 550 g/mol. The number of imide groups is 1. The summed E-state index contributed by atoms with van der Waals surface area (Å²) in [4.78, 5) is 37.1. The number of amides is 2. The summed E-state index contributed by atoms with van der Waals surface area (Å²) < 4.78 is 27.7. The van der Waals surface area contributed by atoms with Crippen molar-refractivity contribution < 1.29 is 22.9 Å². The zero-order valence-corrected chi connectivity index (χ0v) is 21.8. The zero-order valence-electron chi connectivity index (χ0n) is 19.4. The van der Waals surface area contributed by atoms with E-state index in [9.17, 15) is 28.1 Å². The van der Waals surface area contributed by atoms with Gasteiger partial charge < -0.3 is 0 Å². The molecule has 0 spiro atoms. The Morgan fingerprint density at radius 3 is 2.44 bits per heavy atom. The SMILES string of the molecule is CC1(CN2C(=O)SC(=Cc3ccc(NS(=O)(=O)c4ccc(Cl)c([N+](=O)[O-])c4)cc3)C2=O)CCCCC1. The van der Waals surface area contributed by atoms with E-state index in [1.165, 1.54) is 29.5 Å². The third-order valence-electron chi connectivity index (χ3n) is 6.36. The Labute approximate surface area is 218 Å². The van der Waals surface area contributed by atoms with Gasteiger partial charge in [-0.2, -0.15) is 0 Å². The van der Waals surface area contributed by atoms with Crippen LogP contribution in [0.15, 0.2) is 52.3 Å². The molecular weight excluding hydrogens is 526 g/mol. The number of hydrogen-bond donors (Lipinski definition) is 1. The molecule has 2 aliphatic rings. The first-order valence-corrected chi connectivity index (χ1v) is 14.0. The third-order valence-corrected chi connectivity index (χ3v) is 8.97. The first-order valence-electron chi connectivity index (χ1n) is 11.3. The van der Waals surface area contributed by atoms with Gasteiger partial charge in [0.05, 0.1) is 14.7 Å². The second-order valence-corrected chi connectivity index (χ2v) is 12.3. The number of anilines is 1. The Balaban J connectivity index is 1.46. The van der Waals surface area contributed by atoms with Crippen LogP contribution in [0.3, 0.4) is 0 Å². The van der Waals surface area contributed by atoms with E-state index in [2.05, 4.69) is 11.6 Å². The van der Waals surface area contributed by atoms with Crippen LogP contribution in [0.25, 0.3) is 6.08 Å². The van der Waals surface area contributed by atoms with Crippen LogP contribution in [0, 0.1) is 15.5 Å². The summed E-state index contributed by atoms with van der Waals surface area (Å²) in [5.74, 6) is -0.314. The van der Waals surface area contributed by atoms with Gasteiger partial charge in [-0.3, -0.25) is 29.3 Å². The molecule has 4 rings (SSSR count). The molecule has 1 heterocycles. The maximum absolute atomic E-state index is 12.9. The van der Waals surface area contributed by atoms with E-state index in [0.29, 0.717) is 17.0 Å². The van der Waals surface area contributed by atoms with Crippen LogP contribution < -0.4 is 4.72 Å². The highest BCUT2D eigenvalue weighted by Crippen LogP contribution is 2.40. The minimum Gasteiger partial charge on any atom is -0.280 e. The summed E-state index contributed by atoms with van der Waals surface area (Å²) in [5, 5.41) is 10.6. The molecule has 0 aromatic heterocycles. The molecule has 2 fully saturated rings. The normalized spacial score (nSPS) is 19.1. The van der Waals surface area contributed by atoms with Crippen molar-refractivity contribution in [1.29, 1.82) is 0 Å². The lowest BCUT2D eigenvalue weighted by Crippen LogP contribution is -2.39. The van der Waals surface area contributed by atoms with E-state index in [1.807, 2.05) is 0 Å². The van der Waals surface area contributed by atoms with E-state index in [-0.39, 0.29) is 32.2 Å². The van der Waals surface area contributed by atoms with Gasteiger partial charge in [0.25, 0.3) is 26.9 Å². The smallest absolute Gasteiger partial charge is 0.280 e. The largest absolute Gasteiger partial charge is 0.293 e. The number of nitro groups is 1. The summed E-state index contributed by atoms with van der Waals surface area (Å²) in [6, 6.07) is 9.44. The van der Waals surface area contributed by atoms with E-state index >= 15 is 0 Å². The van der Waals surface area contributed by atoms with Crippen LogP contribution in [-0.2, 0) is 14.8 Å². The highest BCUT2D eigenvalue weighted by Gasteiger charge is 2.40. The van der Waals surface area contributed by atoms with Crippen LogP contribution in [0.2, 0.25) is 5.02 Å². The number of nitro benzene ring substituents is 1. The summed E-state index contributed by atoms with van der Waals surface area (Å²) >= 11 is 6.66. The van der Waals surface area contributed by atoms with Gasteiger partial charge in [-0.25, -0.2) is 8.42 Å². The number of benzene rings is 2. The predicted molar refractivity (Wildman–Crippen MR) is 139 cm³/mol. The molecule has 2 amide bonds. The minimum absolute atomic E-state index is 0.0527. The molecule has 0 bridgehead atoms. The van der Waals surface area contributed by atoms with Gasteiger partial charge in [0.2, 0.25) is 0 Å². The molecule has 1 aliphatic carbocycles. The summed E-state index contributed by atoms with van der Waals surface area (Å²) in [6.07, 6.45) is 6.99. The van der Waals surface area contributed by atoms with Crippen molar-refractivity contribution in [3.8, 4) is 0 Å². The van der Waals surface area contributed by atoms with E-state index in [0.717, 1.165) is 49.6 Å². The maximum atomic E-state index is 12.9. The number of thioether (sulfide) groups is 1. The van der Waals surface area contributed by atoms with Crippen molar-refractivity contribution in [2.24, 2.45) is 5.41 Å². The van der Waals surface area contributed by atoms with Gasteiger partial charge in [-0.15, -0.1) is 0 Å². The van der Waals surface area contributed by atoms with Crippen LogP contribution in [0.1, 0.15) is 44.6 Å². The van der Waals surface area contributed by atoms with Crippen molar-refractivity contribution in [3.05, 3.63) is 68.1 Å². The Kier molecular flexibility index (Phi) is 7.44. The highest BCUT2D eigenvalue weighted by atomic mass is 35.5. The molecule has 12 heteroatoms. The van der Waals surface area contributed by atoms with E-state index < -0.39 is 20.6 Å². The lowest BCUT2D eigenvalue weighted by molar-refractivity contribution is -0.384. The van der Waals surface area contributed by atoms with Gasteiger partial charge in [0.1, 0.15) is 5.02 Å². The number of carbonyl (C=O) groups is 2. The molecule has 1 aliphatic heterocycles. The minimum atomic E-state index is -4.10. The predicted octanol–water partition coefficient (Wildman–Crippen LogP) is 6.06. The number of hydrogen-bond acceptors (Lipinski definition) is 7. The summed E-state index contributed by atoms with van der Waals surface area (Å²) in [7, 11) is -4.10. The molecule has 0 radical (unpaired) electrons. The number of sulfonamides is 1. The standard InChI is InChI=1S/C24H24ClN3O6S2/c1-24(11-3-2-4-12-24)15-27-22(29)21(35-23(27)30)13-16-5-7-17(8-6-16)26-36(33,34)18-9-10-19(25)20(14-18)28(31)32/h5-10,13-14,26H,2-4,11-12,15H2,1H3. The molecule has 9 nitrogen and oxygen atoms in total. The molecule has 1 saturated carbocycles. The van der Waals surface area contributed by atoms with Crippen molar-refractivity contribution in [1.82, 2.24) is 4.90 Å². The molecule has 2 aromatic carbocycles. The molecule has 36 heavy (non-hydrogen) atoms. The topological polar surface area (TPSA) is 127 Å². The van der Waals surface area contributed by atoms with Crippen LogP contribution in [-0.4, -0.2) is 35.9 Å². The van der Waals surface area contributed by atoms with Crippen LogP contribution in [0.5, 0.6) is 0 Å². The molecule has 1 N–H and O–H groups in total. The monoisotopic (exact) mass is 549 g/mol. The fraction of sp³-hybridized carbons (Fsp3) is 0.333. The fourth-order valence-corrected chi connectivity index (χ4v) is 6.50. The van der Waals surface area contributed by atoms with Crippen molar-refractivity contribution in [2.45, 2.75) is 43.9 Å². The fourth-order valence-electron chi connectivity index (χ4n) is 4.39. The summed E-state index contributed by atoms with van der Waals surface area (Å²) in [5.41, 5.74) is 0.280. The molecule has 2 aromatic rings. The van der Waals surface area contributed by atoms with Gasteiger partial charge in [-0.1, -0.05) is 49.9 Å². The van der Waals surface area contributed by atoms with Crippen molar-refractivity contribution in [3.63, 3.8) is 0 Å². The van der Waals surface area contributed by atoms with Gasteiger partial charge >= 0.3 is 0 Å². The van der Waals surface area contributed by atoms with Crippen molar-refractivity contribution >= 4 is 62.0 Å². The lowest BCUT2D eigenvalue weighted by Gasteiger charge is -2.35. The molecule has 1 saturated heterocycles. The first kappa shape index (κ1) is 26.2. The number of nitrogens with zero attached hydrogens (tertiary/aromatic N) is 2. The Hall–Kier alpha value is -2.89. The number of halogens is 1. The lowest BCUT2D eigenvalue weighted by atomic mass is 9.75. The molecule has 0 unspecified atom stereocenters. The molecular formula is C24H24ClN3O6S2. The average Bonchev–Trinajstić information content (AvgIpc) is 3.07. The van der Waals surface area contributed by atoms with Gasteiger partial charge in [0.15, 0.2) is 0 Å². The second-order valence-electron chi connectivity index (χ2n) is 9.24. The van der Waals surface area contributed by atoms with Gasteiger partial charge in [0, 0.05) is 18.3 Å². The molecule has 0 atom stereocenters. The highest BCUT2D eigenvalue weighted by molar-refractivity contribution is 8.18. The third kappa shape index (κ3) is 5.74. The number of nitrogens with one attached hydrogen (secondary N) is 1.